The lowest BCUT2D eigenvalue weighted by Gasteiger charge is -2.22. The highest BCUT2D eigenvalue weighted by atomic mass is 32.1. The summed E-state index contributed by atoms with van der Waals surface area (Å²) in [5.41, 5.74) is 5.76. The first-order valence-electron chi connectivity index (χ1n) is 5.82. The number of rotatable bonds is 6. The lowest BCUT2D eigenvalue weighted by atomic mass is 9.99. The van der Waals surface area contributed by atoms with Crippen molar-refractivity contribution in [2.75, 3.05) is 6.54 Å². The number of nitrogens with two attached hydrogens (primary N) is 1. The van der Waals surface area contributed by atoms with Gasteiger partial charge in [-0.15, -0.1) is 11.3 Å². The highest BCUT2D eigenvalue weighted by molar-refractivity contribution is 7.10. The van der Waals surface area contributed by atoms with E-state index in [2.05, 4.69) is 5.32 Å². The van der Waals surface area contributed by atoms with Crippen LogP contribution in [0, 0.1) is 0 Å². The Morgan fingerprint density at radius 1 is 1.53 bits per heavy atom. The molecule has 1 unspecified atom stereocenters. The fourth-order valence-electron chi connectivity index (χ4n) is 1.70. The molecule has 19 heavy (non-hydrogen) atoms. The molecule has 0 aliphatic carbocycles. The lowest BCUT2D eigenvalue weighted by Crippen LogP contribution is -2.34. The first-order valence-corrected chi connectivity index (χ1v) is 7.64. The van der Waals surface area contributed by atoms with Crippen molar-refractivity contribution in [3.8, 4) is 0 Å². The summed E-state index contributed by atoms with van der Waals surface area (Å²) in [6, 6.07) is 3.70. The molecule has 2 heterocycles. The second-order valence-corrected chi connectivity index (χ2v) is 6.33. The molecule has 0 saturated heterocycles. The summed E-state index contributed by atoms with van der Waals surface area (Å²) in [6.45, 7) is 2.84. The van der Waals surface area contributed by atoms with Gasteiger partial charge in [-0.25, -0.2) is 0 Å². The Morgan fingerprint density at radius 2 is 2.32 bits per heavy atom. The van der Waals surface area contributed by atoms with Crippen molar-refractivity contribution >= 4 is 28.6 Å². The second-order valence-electron chi connectivity index (χ2n) is 4.56. The summed E-state index contributed by atoms with van der Waals surface area (Å²) in [7, 11) is 0. The molecule has 0 saturated carbocycles. The average molecular weight is 296 g/mol. The van der Waals surface area contributed by atoms with Gasteiger partial charge in [-0.05, 0) is 35.4 Å². The van der Waals surface area contributed by atoms with Crippen LogP contribution in [0.3, 0.4) is 0 Å². The summed E-state index contributed by atoms with van der Waals surface area (Å²) < 4.78 is 0. The standard InChI is InChI=1S/C13H16N2O2S2/c1-13(17,10-2-3-18-7-10)8-15-5-11-4-9(6-19-11)12(14)16/h2-4,6-7,15,17H,5,8H2,1H3,(H2,14,16). The molecule has 0 aliphatic heterocycles. The van der Waals surface area contributed by atoms with Crippen molar-refractivity contribution in [1.82, 2.24) is 5.32 Å². The van der Waals surface area contributed by atoms with Gasteiger partial charge in [0, 0.05) is 23.3 Å². The first-order chi connectivity index (χ1) is 8.99. The average Bonchev–Trinajstić information content (AvgIpc) is 3.00. The Morgan fingerprint density at radius 3 is 2.89 bits per heavy atom. The summed E-state index contributed by atoms with van der Waals surface area (Å²) >= 11 is 3.05. The van der Waals surface area contributed by atoms with Crippen LogP contribution < -0.4 is 11.1 Å². The minimum absolute atomic E-state index is 0.409. The van der Waals surface area contributed by atoms with Gasteiger partial charge in [-0.3, -0.25) is 4.79 Å². The van der Waals surface area contributed by atoms with Gasteiger partial charge in [0.25, 0.3) is 0 Å². The Labute approximate surface area is 119 Å². The van der Waals surface area contributed by atoms with E-state index in [1.54, 1.807) is 29.7 Å². The molecule has 102 valence electrons. The fraction of sp³-hybridized carbons (Fsp3) is 0.308. The molecule has 0 aliphatic rings. The van der Waals surface area contributed by atoms with Crippen LogP contribution in [0.1, 0.15) is 27.7 Å². The molecule has 2 aromatic rings. The van der Waals surface area contributed by atoms with E-state index in [9.17, 15) is 9.90 Å². The van der Waals surface area contributed by atoms with Crippen LogP contribution in [0.5, 0.6) is 0 Å². The van der Waals surface area contributed by atoms with E-state index < -0.39 is 11.5 Å². The van der Waals surface area contributed by atoms with Crippen LogP contribution in [0.25, 0.3) is 0 Å². The number of primary amides is 1. The third-order valence-electron chi connectivity index (χ3n) is 2.85. The lowest BCUT2D eigenvalue weighted by molar-refractivity contribution is 0.0572. The van der Waals surface area contributed by atoms with E-state index in [4.69, 9.17) is 5.73 Å². The molecule has 1 amide bonds. The number of nitrogens with one attached hydrogen (secondary N) is 1. The van der Waals surface area contributed by atoms with Crippen LogP contribution >= 0.6 is 22.7 Å². The number of thiophene rings is 2. The van der Waals surface area contributed by atoms with Crippen molar-refractivity contribution in [1.29, 1.82) is 0 Å². The van der Waals surface area contributed by atoms with Crippen LogP contribution in [-0.2, 0) is 12.1 Å². The maximum atomic E-state index is 11.0. The van der Waals surface area contributed by atoms with Crippen LogP contribution in [0.15, 0.2) is 28.3 Å². The van der Waals surface area contributed by atoms with Gasteiger partial charge in [0.05, 0.1) is 11.2 Å². The maximum Gasteiger partial charge on any atom is 0.249 e. The largest absolute Gasteiger partial charge is 0.384 e. The molecule has 0 aromatic carbocycles. The molecular weight excluding hydrogens is 280 g/mol. The zero-order chi connectivity index (χ0) is 13.9. The Kier molecular flexibility index (Phi) is 4.36. The summed E-state index contributed by atoms with van der Waals surface area (Å²) in [5.74, 6) is -0.409. The molecule has 0 fully saturated rings. The number of hydrogen-bond acceptors (Lipinski definition) is 5. The van der Waals surface area contributed by atoms with E-state index in [1.807, 2.05) is 16.8 Å². The second kappa shape index (κ2) is 5.83. The van der Waals surface area contributed by atoms with Gasteiger partial charge >= 0.3 is 0 Å². The topological polar surface area (TPSA) is 75.3 Å². The number of hydrogen-bond donors (Lipinski definition) is 3. The molecule has 6 heteroatoms. The number of carbonyl (C=O) groups is 1. The van der Waals surface area contributed by atoms with Crippen molar-refractivity contribution in [3.05, 3.63) is 44.3 Å². The van der Waals surface area contributed by atoms with E-state index in [-0.39, 0.29) is 0 Å². The normalized spacial score (nSPS) is 14.2. The highest BCUT2D eigenvalue weighted by Gasteiger charge is 2.22. The first kappa shape index (κ1) is 14.2. The van der Waals surface area contributed by atoms with Gasteiger partial charge in [0.15, 0.2) is 0 Å². The summed E-state index contributed by atoms with van der Waals surface area (Å²) in [5, 5.41) is 19.2. The van der Waals surface area contributed by atoms with Crippen LogP contribution in [0.2, 0.25) is 0 Å². The molecule has 0 radical (unpaired) electrons. The van der Waals surface area contributed by atoms with Crippen molar-refractivity contribution in [2.24, 2.45) is 5.73 Å². The van der Waals surface area contributed by atoms with Gasteiger partial charge in [-0.2, -0.15) is 11.3 Å². The maximum absolute atomic E-state index is 11.0. The zero-order valence-electron chi connectivity index (χ0n) is 10.6. The predicted octanol–water partition coefficient (Wildman–Crippen LogP) is 1.91. The SMILES string of the molecule is CC(O)(CNCc1cc(C(N)=O)cs1)c1ccsc1. The molecule has 4 N–H and O–H groups in total. The van der Waals surface area contributed by atoms with E-state index in [1.165, 1.54) is 11.3 Å². The van der Waals surface area contributed by atoms with Gasteiger partial charge in [-0.1, -0.05) is 0 Å². The molecule has 1 atom stereocenters. The smallest absolute Gasteiger partial charge is 0.249 e. The van der Waals surface area contributed by atoms with Gasteiger partial charge < -0.3 is 16.2 Å². The number of carbonyl (C=O) groups excluding carboxylic acids is 1. The van der Waals surface area contributed by atoms with E-state index in [0.717, 1.165) is 10.4 Å². The minimum atomic E-state index is -0.885. The minimum Gasteiger partial charge on any atom is -0.384 e. The van der Waals surface area contributed by atoms with Crippen LogP contribution in [0.4, 0.5) is 0 Å². The van der Waals surface area contributed by atoms with Gasteiger partial charge in [0.2, 0.25) is 5.91 Å². The molecule has 4 nitrogen and oxygen atoms in total. The van der Waals surface area contributed by atoms with Crippen molar-refractivity contribution < 1.29 is 9.90 Å². The van der Waals surface area contributed by atoms with Crippen molar-refractivity contribution in [3.63, 3.8) is 0 Å². The molecular formula is C13H16N2O2S2. The molecule has 2 aromatic heterocycles. The Balaban J connectivity index is 1.87. The van der Waals surface area contributed by atoms with Crippen LogP contribution in [-0.4, -0.2) is 17.6 Å². The third kappa shape index (κ3) is 3.63. The van der Waals surface area contributed by atoms with E-state index in [0.29, 0.717) is 18.7 Å². The quantitative estimate of drug-likeness (QED) is 0.762. The molecule has 2 rings (SSSR count). The highest BCUT2D eigenvalue weighted by Crippen LogP contribution is 2.22. The Hall–Kier alpha value is -1.21. The number of amides is 1. The fourth-order valence-corrected chi connectivity index (χ4v) is 3.33. The third-order valence-corrected chi connectivity index (χ3v) is 4.47. The Bertz CT molecular complexity index is 547. The van der Waals surface area contributed by atoms with Crippen molar-refractivity contribution in [2.45, 2.75) is 19.1 Å². The zero-order valence-corrected chi connectivity index (χ0v) is 12.2. The monoisotopic (exact) mass is 296 g/mol. The van der Waals surface area contributed by atoms with Gasteiger partial charge in [0.1, 0.15) is 0 Å². The molecule has 0 spiro atoms. The summed E-state index contributed by atoms with van der Waals surface area (Å²) in [6.07, 6.45) is 0. The molecule has 0 bridgehead atoms. The van der Waals surface area contributed by atoms with E-state index >= 15 is 0 Å². The predicted molar refractivity (Wildman–Crippen MR) is 78.4 cm³/mol. The summed E-state index contributed by atoms with van der Waals surface area (Å²) in [4.78, 5) is 12.0. The number of aliphatic hydroxyl groups is 1.